The molecule has 0 bridgehead atoms. The Balaban J connectivity index is 1.37. The lowest BCUT2D eigenvalue weighted by Crippen LogP contribution is -2.48. The number of rotatable bonds is 10. The van der Waals surface area contributed by atoms with Crippen LogP contribution in [-0.4, -0.2) is 42.3 Å². The SMILES string of the molecule is CCC(CNC(=O)[C@H](CC1CC1)NC(=O)OCC1c2ccccc2-c2ccccc21)C(=O)O. The third kappa shape index (κ3) is 5.35. The Labute approximate surface area is 193 Å². The first kappa shape index (κ1) is 22.8. The van der Waals surface area contributed by atoms with Crippen molar-refractivity contribution in [3.63, 3.8) is 0 Å². The summed E-state index contributed by atoms with van der Waals surface area (Å²) in [6.07, 6.45) is 2.37. The van der Waals surface area contributed by atoms with Crippen LogP contribution in [0.1, 0.15) is 49.7 Å². The van der Waals surface area contributed by atoms with E-state index in [-0.39, 0.29) is 25.0 Å². The Morgan fingerprint density at radius 2 is 1.64 bits per heavy atom. The minimum Gasteiger partial charge on any atom is -0.481 e. The van der Waals surface area contributed by atoms with E-state index >= 15 is 0 Å². The van der Waals surface area contributed by atoms with Gasteiger partial charge in [-0.05, 0) is 41.0 Å². The Bertz CT molecular complexity index is 987. The third-order valence-corrected chi connectivity index (χ3v) is 6.58. The zero-order valence-corrected chi connectivity index (χ0v) is 18.8. The average Bonchev–Trinajstić information content (AvgIpc) is 3.58. The molecule has 1 unspecified atom stereocenters. The molecule has 2 atom stereocenters. The number of carboxylic acids is 1. The molecule has 0 aromatic heterocycles. The summed E-state index contributed by atoms with van der Waals surface area (Å²) in [5, 5.41) is 14.6. The van der Waals surface area contributed by atoms with Crippen LogP contribution in [0.4, 0.5) is 4.79 Å². The fraction of sp³-hybridized carbons (Fsp3) is 0.423. The molecule has 0 aliphatic heterocycles. The normalized spacial score (nSPS) is 16.3. The van der Waals surface area contributed by atoms with Crippen molar-refractivity contribution < 1.29 is 24.2 Å². The van der Waals surface area contributed by atoms with Crippen molar-refractivity contribution in [2.45, 2.75) is 44.6 Å². The highest BCUT2D eigenvalue weighted by Crippen LogP contribution is 2.44. The molecule has 0 heterocycles. The van der Waals surface area contributed by atoms with E-state index in [4.69, 9.17) is 4.74 Å². The highest BCUT2D eigenvalue weighted by Gasteiger charge is 2.33. The first-order chi connectivity index (χ1) is 16.0. The minimum absolute atomic E-state index is 0.0399. The fourth-order valence-corrected chi connectivity index (χ4v) is 4.45. The number of carbonyl (C=O) groups is 3. The lowest BCUT2D eigenvalue weighted by molar-refractivity contribution is -0.141. The number of alkyl carbamates (subject to hydrolysis) is 1. The Kier molecular flexibility index (Phi) is 6.96. The van der Waals surface area contributed by atoms with Crippen LogP contribution in [0, 0.1) is 11.8 Å². The summed E-state index contributed by atoms with van der Waals surface area (Å²) in [4.78, 5) is 36.6. The Hall–Kier alpha value is -3.35. The lowest BCUT2D eigenvalue weighted by atomic mass is 9.98. The van der Waals surface area contributed by atoms with Gasteiger partial charge in [0, 0.05) is 12.5 Å². The van der Waals surface area contributed by atoms with Gasteiger partial charge < -0.3 is 20.5 Å². The van der Waals surface area contributed by atoms with Gasteiger partial charge in [0.05, 0.1) is 5.92 Å². The maximum Gasteiger partial charge on any atom is 0.407 e. The largest absolute Gasteiger partial charge is 0.481 e. The molecule has 1 saturated carbocycles. The van der Waals surface area contributed by atoms with Crippen LogP contribution < -0.4 is 10.6 Å². The molecular formula is C26H30N2O5. The predicted octanol–water partition coefficient (Wildman–Crippen LogP) is 3.92. The molecule has 7 nitrogen and oxygen atoms in total. The highest BCUT2D eigenvalue weighted by atomic mass is 16.5. The Morgan fingerprint density at radius 1 is 1.03 bits per heavy atom. The van der Waals surface area contributed by atoms with Gasteiger partial charge in [-0.25, -0.2) is 4.79 Å². The summed E-state index contributed by atoms with van der Waals surface area (Å²) in [5.74, 6) is -1.61. The first-order valence-electron chi connectivity index (χ1n) is 11.6. The van der Waals surface area contributed by atoms with Crippen LogP contribution in [0.15, 0.2) is 48.5 Å². The van der Waals surface area contributed by atoms with Crippen LogP contribution in [0.2, 0.25) is 0 Å². The van der Waals surface area contributed by atoms with Gasteiger partial charge in [0.1, 0.15) is 12.6 Å². The molecule has 2 aromatic carbocycles. The van der Waals surface area contributed by atoms with Crippen molar-refractivity contribution in [1.29, 1.82) is 0 Å². The van der Waals surface area contributed by atoms with Gasteiger partial charge in [0.15, 0.2) is 0 Å². The molecule has 2 aromatic rings. The molecule has 2 aliphatic carbocycles. The summed E-state index contributed by atoms with van der Waals surface area (Å²) in [5.41, 5.74) is 4.55. The van der Waals surface area contributed by atoms with Crippen molar-refractivity contribution in [3.05, 3.63) is 59.7 Å². The second-order valence-electron chi connectivity index (χ2n) is 8.89. The van der Waals surface area contributed by atoms with Gasteiger partial charge in [-0.15, -0.1) is 0 Å². The topological polar surface area (TPSA) is 105 Å². The highest BCUT2D eigenvalue weighted by molar-refractivity contribution is 5.86. The number of benzene rings is 2. The van der Waals surface area contributed by atoms with E-state index in [1.165, 1.54) is 0 Å². The number of nitrogens with one attached hydrogen (secondary N) is 2. The van der Waals surface area contributed by atoms with E-state index in [1.54, 1.807) is 6.92 Å². The van der Waals surface area contributed by atoms with Crippen molar-refractivity contribution in [1.82, 2.24) is 10.6 Å². The Morgan fingerprint density at radius 3 is 2.18 bits per heavy atom. The second kappa shape index (κ2) is 10.1. The number of hydrogen-bond donors (Lipinski definition) is 3. The molecule has 7 heteroatoms. The van der Waals surface area contributed by atoms with Crippen LogP contribution in [-0.2, 0) is 14.3 Å². The van der Waals surface area contributed by atoms with E-state index in [0.29, 0.717) is 18.8 Å². The van der Waals surface area contributed by atoms with Gasteiger partial charge in [-0.1, -0.05) is 68.3 Å². The van der Waals surface area contributed by atoms with Crippen LogP contribution in [0.5, 0.6) is 0 Å². The van der Waals surface area contributed by atoms with Gasteiger partial charge in [-0.2, -0.15) is 0 Å². The zero-order valence-electron chi connectivity index (χ0n) is 18.8. The van der Waals surface area contributed by atoms with Crippen molar-refractivity contribution in [2.24, 2.45) is 11.8 Å². The second-order valence-corrected chi connectivity index (χ2v) is 8.89. The maximum absolute atomic E-state index is 12.7. The van der Waals surface area contributed by atoms with Crippen LogP contribution in [0.25, 0.3) is 11.1 Å². The van der Waals surface area contributed by atoms with Crippen molar-refractivity contribution >= 4 is 18.0 Å². The molecule has 2 aliphatic rings. The molecule has 0 radical (unpaired) electrons. The van der Waals surface area contributed by atoms with Gasteiger partial charge in [0.2, 0.25) is 5.91 Å². The third-order valence-electron chi connectivity index (χ3n) is 6.58. The van der Waals surface area contributed by atoms with Gasteiger partial charge in [0.25, 0.3) is 0 Å². The summed E-state index contributed by atoms with van der Waals surface area (Å²) in [6.45, 7) is 1.98. The summed E-state index contributed by atoms with van der Waals surface area (Å²) in [6, 6.07) is 15.5. The molecular weight excluding hydrogens is 420 g/mol. The molecule has 33 heavy (non-hydrogen) atoms. The molecule has 0 spiro atoms. The first-order valence-corrected chi connectivity index (χ1v) is 11.6. The molecule has 1 fully saturated rings. The molecule has 0 saturated heterocycles. The van der Waals surface area contributed by atoms with Crippen LogP contribution >= 0.6 is 0 Å². The number of hydrogen-bond acceptors (Lipinski definition) is 4. The van der Waals surface area contributed by atoms with Crippen LogP contribution in [0.3, 0.4) is 0 Å². The number of ether oxygens (including phenoxy) is 1. The summed E-state index contributed by atoms with van der Waals surface area (Å²) < 4.78 is 5.58. The van der Waals surface area contributed by atoms with Gasteiger partial charge >= 0.3 is 12.1 Å². The van der Waals surface area contributed by atoms with Crippen molar-refractivity contribution in [3.8, 4) is 11.1 Å². The lowest BCUT2D eigenvalue weighted by Gasteiger charge is -2.20. The van der Waals surface area contributed by atoms with E-state index in [9.17, 15) is 19.5 Å². The standard InChI is InChI=1S/C26H30N2O5/c1-2-17(25(30)31)14-27-24(29)23(13-16-11-12-16)28-26(32)33-15-22-20-9-5-3-7-18(20)19-8-4-6-10-21(19)22/h3-10,16-17,22-23H,2,11-15H2,1H3,(H,27,29)(H,28,32)(H,30,31)/t17?,23-/m0/s1. The molecule has 4 rings (SSSR count). The fourth-order valence-electron chi connectivity index (χ4n) is 4.45. The minimum atomic E-state index is -0.943. The number of fused-ring (bicyclic) bond motifs is 3. The summed E-state index contributed by atoms with van der Waals surface area (Å²) >= 11 is 0. The molecule has 2 amide bonds. The van der Waals surface area contributed by atoms with E-state index in [1.807, 2.05) is 24.3 Å². The average molecular weight is 451 g/mol. The molecule has 3 N–H and O–H groups in total. The monoisotopic (exact) mass is 450 g/mol. The smallest absolute Gasteiger partial charge is 0.407 e. The number of carboxylic acid groups (broad SMARTS) is 1. The quantitative estimate of drug-likeness (QED) is 0.509. The van der Waals surface area contributed by atoms with E-state index in [0.717, 1.165) is 35.1 Å². The number of amides is 2. The number of carbonyl (C=O) groups excluding carboxylic acids is 2. The summed E-state index contributed by atoms with van der Waals surface area (Å²) in [7, 11) is 0. The predicted molar refractivity (Wildman–Crippen MR) is 124 cm³/mol. The maximum atomic E-state index is 12.7. The van der Waals surface area contributed by atoms with E-state index in [2.05, 4.69) is 34.9 Å². The van der Waals surface area contributed by atoms with Crippen molar-refractivity contribution in [2.75, 3.05) is 13.2 Å². The molecule has 174 valence electrons. The number of aliphatic carboxylic acids is 1. The van der Waals surface area contributed by atoms with Gasteiger partial charge in [-0.3, -0.25) is 9.59 Å². The van der Waals surface area contributed by atoms with E-state index < -0.39 is 24.0 Å². The zero-order chi connectivity index (χ0) is 23.4.